The first-order valence-electron chi connectivity index (χ1n) is 6.27. The predicted octanol–water partition coefficient (Wildman–Crippen LogP) is 3.60. The van der Waals surface area contributed by atoms with Crippen molar-refractivity contribution in [1.82, 2.24) is 20.0 Å². The van der Waals surface area contributed by atoms with Crippen molar-refractivity contribution in [3.8, 4) is 17.1 Å². The highest BCUT2D eigenvalue weighted by Gasteiger charge is 2.11. The molecule has 100 valence electrons. The van der Waals surface area contributed by atoms with E-state index in [1.165, 1.54) is 0 Å². The Morgan fingerprint density at radius 3 is 2.30 bits per heavy atom. The van der Waals surface area contributed by atoms with E-state index in [2.05, 4.69) is 15.3 Å². The third kappa shape index (κ3) is 2.42. The van der Waals surface area contributed by atoms with E-state index in [-0.39, 0.29) is 0 Å². The van der Waals surface area contributed by atoms with Gasteiger partial charge in [0.1, 0.15) is 0 Å². The summed E-state index contributed by atoms with van der Waals surface area (Å²) in [4.78, 5) is 0. The molecule has 20 heavy (non-hydrogen) atoms. The van der Waals surface area contributed by atoms with Crippen LogP contribution in [0.1, 0.15) is 11.4 Å². The van der Waals surface area contributed by atoms with Crippen molar-refractivity contribution in [2.24, 2.45) is 0 Å². The number of rotatable bonds is 2. The summed E-state index contributed by atoms with van der Waals surface area (Å²) in [5, 5.41) is 13.5. The van der Waals surface area contributed by atoms with Crippen LogP contribution >= 0.6 is 11.6 Å². The van der Waals surface area contributed by atoms with Crippen LogP contribution in [-0.2, 0) is 0 Å². The second-order valence-corrected chi connectivity index (χ2v) is 5.06. The maximum Gasteiger partial charge on any atom is 0.176 e. The van der Waals surface area contributed by atoms with E-state index in [1.807, 2.05) is 56.3 Å². The van der Waals surface area contributed by atoms with Gasteiger partial charge in [-0.15, -0.1) is 5.10 Å². The average molecular weight is 285 g/mol. The lowest BCUT2D eigenvalue weighted by Crippen LogP contribution is -2.03. The van der Waals surface area contributed by atoms with Gasteiger partial charge in [-0.25, -0.2) is 4.68 Å². The van der Waals surface area contributed by atoms with Crippen molar-refractivity contribution in [2.45, 2.75) is 13.8 Å². The van der Waals surface area contributed by atoms with Crippen molar-refractivity contribution in [2.75, 3.05) is 0 Å². The minimum atomic E-state index is 0.702. The van der Waals surface area contributed by atoms with Crippen LogP contribution in [0.15, 0.2) is 42.5 Å². The van der Waals surface area contributed by atoms with Crippen LogP contribution in [0.25, 0.3) is 17.1 Å². The number of nitrogens with zero attached hydrogens (tertiary/aromatic N) is 4. The predicted molar refractivity (Wildman–Crippen MR) is 79.1 cm³/mol. The molecule has 3 rings (SSSR count). The fourth-order valence-corrected chi connectivity index (χ4v) is 2.13. The minimum Gasteiger partial charge on any atom is -0.213 e. The molecule has 0 aliphatic carbocycles. The number of benzene rings is 1. The zero-order valence-corrected chi connectivity index (χ0v) is 12.0. The van der Waals surface area contributed by atoms with E-state index in [1.54, 1.807) is 4.68 Å². The second-order valence-electron chi connectivity index (χ2n) is 4.62. The van der Waals surface area contributed by atoms with E-state index in [4.69, 9.17) is 11.6 Å². The lowest BCUT2D eigenvalue weighted by molar-refractivity contribution is 0.802. The summed E-state index contributed by atoms with van der Waals surface area (Å²) in [5.41, 5.74) is 3.82. The second kappa shape index (κ2) is 5.06. The molecule has 0 atom stereocenters. The van der Waals surface area contributed by atoms with E-state index < -0.39 is 0 Å². The monoisotopic (exact) mass is 284 g/mol. The molecule has 0 fully saturated rings. The van der Waals surface area contributed by atoms with Gasteiger partial charge in [-0.2, -0.15) is 10.2 Å². The normalized spacial score (nSPS) is 10.8. The van der Waals surface area contributed by atoms with E-state index >= 15 is 0 Å². The van der Waals surface area contributed by atoms with Crippen molar-refractivity contribution in [3.63, 3.8) is 0 Å². The van der Waals surface area contributed by atoms with Gasteiger partial charge in [-0.05, 0) is 44.2 Å². The van der Waals surface area contributed by atoms with Gasteiger partial charge in [0.2, 0.25) is 0 Å². The van der Waals surface area contributed by atoms with Gasteiger partial charge in [0, 0.05) is 10.6 Å². The summed E-state index contributed by atoms with van der Waals surface area (Å²) in [7, 11) is 0. The highest BCUT2D eigenvalue weighted by Crippen LogP contribution is 2.24. The zero-order chi connectivity index (χ0) is 14.1. The largest absolute Gasteiger partial charge is 0.213 e. The van der Waals surface area contributed by atoms with E-state index in [9.17, 15) is 0 Å². The summed E-state index contributed by atoms with van der Waals surface area (Å²) in [6, 6.07) is 13.5. The first-order chi connectivity index (χ1) is 9.63. The Kier molecular flexibility index (Phi) is 3.24. The Morgan fingerprint density at radius 2 is 1.65 bits per heavy atom. The Bertz CT molecular complexity index is 667. The van der Waals surface area contributed by atoms with Gasteiger partial charge in [-0.1, -0.05) is 23.7 Å². The first kappa shape index (κ1) is 12.8. The van der Waals surface area contributed by atoms with Crippen LogP contribution in [0.4, 0.5) is 0 Å². The SMILES string of the molecule is Cc1ccc(-n2nc(C)cc2-c2ccc(Cl)cc2)nn1. The van der Waals surface area contributed by atoms with Crippen molar-refractivity contribution < 1.29 is 0 Å². The number of aromatic nitrogens is 4. The molecule has 0 saturated heterocycles. The lowest BCUT2D eigenvalue weighted by atomic mass is 10.1. The molecular weight excluding hydrogens is 272 g/mol. The summed E-state index contributed by atoms with van der Waals surface area (Å²) in [6.45, 7) is 3.86. The molecule has 2 aromatic heterocycles. The van der Waals surface area contributed by atoms with Gasteiger partial charge < -0.3 is 0 Å². The van der Waals surface area contributed by atoms with Crippen LogP contribution < -0.4 is 0 Å². The highest BCUT2D eigenvalue weighted by atomic mass is 35.5. The number of halogens is 1. The van der Waals surface area contributed by atoms with Crippen molar-refractivity contribution in [1.29, 1.82) is 0 Å². The lowest BCUT2D eigenvalue weighted by Gasteiger charge is -2.06. The maximum atomic E-state index is 5.93. The van der Waals surface area contributed by atoms with Gasteiger partial charge in [0.05, 0.1) is 17.1 Å². The summed E-state index contributed by atoms with van der Waals surface area (Å²) < 4.78 is 1.80. The fraction of sp³-hybridized carbons (Fsp3) is 0.133. The number of aryl methyl sites for hydroxylation is 2. The van der Waals surface area contributed by atoms with Gasteiger partial charge in [0.15, 0.2) is 5.82 Å². The summed E-state index contributed by atoms with van der Waals surface area (Å²) in [6.07, 6.45) is 0. The van der Waals surface area contributed by atoms with Crippen LogP contribution in [-0.4, -0.2) is 20.0 Å². The standard InChI is InChI=1S/C15H13ClN4/c1-10-3-8-15(18-17-10)20-14(9-11(2)19-20)12-4-6-13(16)7-5-12/h3-9H,1-2H3. The molecule has 3 aromatic rings. The maximum absolute atomic E-state index is 5.93. The molecule has 0 unspecified atom stereocenters. The highest BCUT2D eigenvalue weighted by molar-refractivity contribution is 6.30. The van der Waals surface area contributed by atoms with Crippen LogP contribution in [0.2, 0.25) is 5.02 Å². The first-order valence-corrected chi connectivity index (χ1v) is 6.64. The third-order valence-electron chi connectivity index (χ3n) is 2.97. The number of hydrogen-bond donors (Lipinski definition) is 0. The Hall–Kier alpha value is -2.20. The quantitative estimate of drug-likeness (QED) is 0.722. The minimum absolute atomic E-state index is 0.702. The zero-order valence-electron chi connectivity index (χ0n) is 11.2. The van der Waals surface area contributed by atoms with Crippen LogP contribution in [0.5, 0.6) is 0 Å². The van der Waals surface area contributed by atoms with Gasteiger partial charge in [0.25, 0.3) is 0 Å². The molecule has 0 N–H and O–H groups in total. The Labute approximate surface area is 122 Å². The summed E-state index contributed by atoms with van der Waals surface area (Å²) >= 11 is 5.93. The molecule has 1 aromatic carbocycles. The molecule has 0 aliphatic rings. The molecule has 0 radical (unpaired) electrons. The molecule has 0 bridgehead atoms. The Morgan fingerprint density at radius 1 is 0.900 bits per heavy atom. The number of hydrogen-bond acceptors (Lipinski definition) is 3. The van der Waals surface area contributed by atoms with E-state index in [0.717, 1.165) is 22.6 Å². The molecule has 0 amide bonds. The smallest absolute Gasteiger partial charge is 0.176 e. The fourth-order valence-electron chi connectivity index (χ4n) is 2.01. The van der Waals surface area contributed by atoms with E-state index in [0.29, 0.717) is 10.8 Å². The molecule has 4 nitrogen and oxygen atoms in total. The van der Waals surface area contributed by atoms with Crippen molar-refractivity contribution in [3.05, 3.63) is 58.9 Å². The molecule has 5 heteroatoms. The average Bonchev–Trinajstić information content (AvgIpc) is 2.82. The third-order valence-corrected chi connectivity index (χ3v) is 3.22. The molecule has 2 heterocycles. The van der Waals surface area contributed by atoms with Crippen molar-refractivity contribution >= 4 is 11.6 Å². The topological polar surface area (TPSA) is 43.6 Å². The molecular formula is C15H13ClN4. The molecule has 0 saturated carbocycles. The Balaban J connectivity index is 2.12. The molecule has 0 spiro atoms. The summed E-state index contributed by atoms with van der Waals surface area (Å²) in [5.74, 6) is 0.702. The van der Waals surface area contributed by atoms with Gasteiger partial charge in [-0.3, -0.25) is 0 Å². The van der Waals surface area contributed by atoms with Crippen LogP contribution in [0, 0.1) is 13.8 Å². The van der Waals surface area contributed by atoms with Gasteiger partial charge >= 0.3 is 0 Å². The van der Waals surface area contributed by atoms with Crippen LogP contribution in [0.3, 0.4) is 0 Å². The molecule has 0 aliphatic heterocycles.